The highest BCUT2D eigenvalue weighted by atomic mass is 16.6. The summed E-state index contributed by atoms with van der Waals surface area (Å²) < 4.78 is 10.8. The summed E-state index contributed by atoms with van der Waals surface area (Å²) in [5.74, 6) is -0.690. The van der Waals surface area contributed by atoms with E-state index < -0.39 is 16.8 Å². The monoisotopic (exact) mass is 456 g/mol. The van der Waals surface area contributed by atoms with E-state index >= 15 is 0 Å². The lowest BCUT2D eigenvalue weighted by molar-refractivity contribution is -0.384. The summed E-state index contributed by atoms with van der Waals surface area (Å²) in [5.41, 5.74) is 1.30. The van der Waals surface area contributed by atoms with Gasteiger partial charge in [-0.1, -0.05) is 41.5 Å². The van der Waals surface area contributed by atoms with Crippen LogP contribution in [-0.4, -0.2) is 27.0 Å². The summed E-state index contributed by atoms with van der Waals surface area (Å²) in [4.78, 5) is 34.9. The molecule has 0 aliphatic rings. The topological polar surface area (TPSA) is 137 Å². The molecule has 34 heavy (non-hydrogen) atoms. The minimum Gasteiger partial charge on any atom is -0.422 e. The molecule has 4 aromatic rings. The normalized spacial score (nSPS) is 10.7. The lowest BCUT2D eigenvalue weighted by Crippen LogP contribution is -2.09. The minimum absolute atomic E-state index is 0.0725. The number of esters is 1. The lowest BCUT2D eigenvalue weighted by atomic mass is 10.2. The predicted octanol–water partition coefficient (Wildman–Crippen LogP) is 4.52. The van der Waals surface area contributed by atoms with Gasteiger partial charge >= 0.3 is 12.0 Å². The molecule has 10 heteroatoms. The van der Waals surface area contributed by atoms with Crippen molar-refractivity contribution in [2.24, 2.45) is 0 Å². The number of ether oxygens (including phenoxy) is 1. The Kier molecular flexibility index (Phi) is 6.50. The largest absolute Gasteiger partial charge is 0.422 e. The first-order valence-corrected chi connectivity index (χ1v) is 9.93. The van der Waals surface area contributed by atoms with E-state index in [0.717, 1.165) is 0 Å². The second-order valence-corrected chi connectivity index (χ2v) is 6.83. The minimum atomic E-state index is -0.553. The molecule has 1 heterocycles. The first-order valence-electron chi connectivity index (χ1n) is 9.93. The highest BCUT2D eigenvalue weighted by molar-refractivity contribution is 6.01. The molecule has 0 spiro atoms. The van der Waals surface area contributed by atoms with E-state index in [1.54, 1.807) is 54.6 Å². The Morgan fingerprint density at radius 3 is 2.38 bits per heavy atom. The molecule has 0 fully saturated rings. The molecule has 1 aromatic heterocycles. The van der Waals surface area contributed by atoms with Crippen LogP contribution in [0.15, 0.2) is 89.4 Å². The zero-order valence-electron chi connectivity index (χ0n) is 17.5. The van der Waals surface area contributed by atoms with Gasteiger partial charge in [0.15, 0.2) is 0 Å². The molecule has 3 aromatic carbocycles. The van der Waals surface area contributed by atoms with Crippen molar-refractivity contribution in [3.8, 4) is 17.2 Å². The predicted molar refractivity (Wildman–Crippen MR) is 122 cm³/mol. The summed E-state index contributed by atoms with van der Waals surface area (Å²) >= 11 is 0. The Morgan fingerprint density at radius 1 is 0.941 bits per heavy atom. The number of para-hydroxylation sites is 1. The number of hydrogen-bond donors (Lipinski definition) is 1. The third-order valence-electron chi connectivity index (χ3n) is 4.53. The van der Waals surface area contributed by atoms with Gasteiger partial charge in [-0.2, -0.15) is 0 Å². The van der Waals surface area contributed by atoms with Crippen molar-refractivity contribution < 1.29 is 23.7 Å². The number of amides is 1. The van der Waals surface area contributed by atoms with Crippen LogP contribution in [0.5, 0.6) is 5.75 Å². The first kappa shape index (κ1) is 22.1. The number of nitrogens with zero attached hydrogens (tertiary/aromatic N) is 3. The van der Waals surface area contributed by atoms with Crippen molar-refractivity contribution >= 4 is 29.7 Å². The molecule has 0 aliphatic heterocycles. The van der Waals surface area contributed by atoms with Crippen molar-refractivity contribution in [2.75, 3.05) is 5.32 Å². The van der Waals surface area contributed by atoms with Crippen molar-refractivity contribution in [2.45, 2.75) is 0 Å². The van der Waals surface area contributed by atoms with Crippen LogP contribution in [0.1, 0.15) is 15.9 Å². The first-order chi connectivity index (χ1) is 16.5. The van der Waals surface area contributed by atoms with Gasteiger partial charge in [0.25, 0.3) is 11.6 Å². The molecule has 0 saturated heterocycles. The quantitative estimate of drug-likeness (QED) is 0.141. The zero-order chi connectivity index (χ0) is 23.9. The highest BCUT2D eigenvalue weighted by Crippen LogP contribution is 2.23. The van der Waals surface area contributed by atoms with E-state index in [-0.39, 0.29) is 17.6 Å². The average molecular weight is 456 g/mol. The van der Waals surface area contributed by atoms with E-state index in [9.17, 15) is 19.7 Å². The van der Waals surface area contributed by atoms with Crippen LogP contribution >= 0.6 is 0 Å². The fourth-order valence-corrected chi connectivity index (χ4v) is 2.87. The number of non-ortho nitro benzene ring substituents is 1. The second-order valence-electron chi connectivity index (χ2n) is 6.83. The van der Waals surface area contributed by atoms with E-state index in [1.807, 2.05) is 0 Å². The SMILES string of the molecule is O=C(/C=C/c1ccccc1OC(=O)c1ccccc1)Nc1nnc(-c2ccc([N+](=O)[O-])cc2)o1. The number of nitrogens with one attached hydrogen (secondary N) is 1. The molecule has 4 rings (SSSR count). The Hall–Kier alpha value is -5.12. The maximum Gasteiger partial charge on any atom is 0.343 e. The smallest absolute Gasteiger partial charge is 0.343 e. The maximum atomic E-state index is 12.3. The molecule has 0 radical (unpaired) electrons. The molecule has 1 amide bonds. The Bertz CT molecular complexity index is 1360. The number of nitro groups is 1. The third-order valence-corrected chi connectivity index (χ3v) is 4.53. The molecule has 0 aliphatic carbocycles. The standard InChI is InChI=1S/C24H16N4O6/c29-21(25-24-27-26-22(34-24)17-10-13-19(14-11-17)28(31)32)15-12-16-6-4-5-9-20(16)33-23(30)18-7-2-1-3-8-18/h1-15H,(H,25,27,29)/b15-12+. The van der Waals surface area contributed by atoms with E-state index in [1.165, 1.54) is 36.4 Å². The Balaban J connectivity index is 1.41. The van der Waals surface area contributed by atoms with Gasteiger partial charge in [-0.3, -0.25) is 20.2 Å². The molecule has 10 nitrogen and oxygen atoms in total. The molecule has 0 saturated carbocycles. The summed E-state index contributed by atoms with van der Waals surface area (Å²) in [6.07, 6.45) is 2.71. The van der Waals surface area contributed by atoms with Crippen molar-refractivity contribution in [1.29, 1.82) is 0 Å². The van der Waals surface area contributed by atoms with Crippen LogP contribution in [0, 0.1) is 10.1 Å². The van der Waals surface area contributed by atoms with E-state index in [0.29, 0.717) is 22.4 Å². The molecule has 1 N–H and O–H groups in total. The Morgan fingerprint density at radius 2 is 1.65 bits per heavy atom. The van der Waals surface area contributed by atoms with Gasteiger partial charge in [-0.05, 0) is 36.4 Å². The number of carbonyl (C=O) groups is 2. The summed E-state index contributed by atoms with van der Waals surface area (Å²) in [7, 11) is 0. The van der Waals surface area contributed by atoms with Gasteiger partial charge in [-0.25, -0.2) is 4.79 Å². The third kappa shape index (κ3) is 5.37. The Labute approximate surface area is 192 Å². The number of rotatable bonds is 7. The number of carbonyl (C=O) groups excluding carboxylic acids is 2. The number of benzene rings is 3. The van der Waals surface area contributed by atoms with Crippen LogP contribution in [0.4, 0.5) is 11.7 Å². The second kappa shape index (κ2) is 10.0. The van der Waals surface area contributed by atoms with Gasteiger partial charge < -0.3 is 9.15 Å². The van der Waals surface area contributed by atoms with Crippen molar-refractivity contribution in [1.82, 2.24) is 10.2 Å². The van der Waals surface area contributed by atoms with Gasteiger partial charge in [0.2, 0.25) is 5.89 Å². The van der Waals surface area contributed by atoms with Gasteiger partial charge in [0, 0.05) is 29.3 Å². The molecular weight excluding hydrogens is 440 g/mol. The van der Waals surface area contributed by atoms with Crippen LogP contribution in [0.3, 0.4) is 0 Å². The van der Waals surface area contributed by atoms with Crippen LogP contribution < -0.4 is 10.1 Å². The van der Waals surface area contributed by atoms with Crippen LogP contribution in [-0.2, 0) is 4.79 Å². The van der Waals surface area contributed by atoms with E-state index in [2.05, 4.69) is 15.5 Å². The molecular formula is C24H16N4O6. The number of anilines is 1. The zero-order valence-corrected chi connectivity index (χ0v) is 17.5. The number of hydrogen-bond acceptors (Lipinski definition) is 8. The van der Waals surface area contributed by atoms with Crippen molar-refractivity contribution in [3.05, 3.63) is 106 Å². The highest BCUT2D eigenvalue weighted by Gasteiger charge is 2.13. The molecule has 0 unspecified atom stereocenters. The van der Waals surface area contributed by atoms with E-state index in [4.69, 9.17) is 9.15 Å². The van der Waals surface area contributed by atoms with Crippen molar-refractivity contribution in [3.63, 3.8) is 0 Å². The van der Waals surface area contributed by atoms with Crippen LogP contribution in [0.2, 0.25) is 0 Å². The maximum absolute atomic E-state index is 12.3. The average Bonchev–Trinajstić information content (AvgIpc) is 3.32. The number of nitro benzene ring substituents is 1. The van der Waals surface area contributed by atoms with Gasteiger partial charge in [0.1, 0.15) is 5.75 Å². The molecule has 0 atom stereocenters. The fourth-order valence-electron chi connectivity index (χ4n) is 2.87. The summed E-state index contributed by atoms with van der Waals surface area (Å²) in [6.45, 7) is 0. The lowest BCUT2D eigenvalue weighted by Gasteiger charge is -2.07. The number of aromatic nitrogens is 2. The molecule has 0 bridgehead atoms. The summed E-state index contributed by atoms with van der Waals surface area (Å²) in [5, 5.41) is 20.8. The molecule has 168 valence electrons. The van der Waals surface area contributed by atoms with Gasteiger partial charge in [0.05, 0.1) is 10.5 Å². The summed E-state index contributed by atoms with van der Waals surface area (Å²) in [6, 6.07) is 20.7. The van der Waals surface area contributed by atoms with Gasteiger partial charge in [-0.15, -0.1) is 5.10 Å². The van der Waals surface area contributed by atoms with Crippen LogP contribution in [0.25, 0.3) is 17.5 Å². The fraction of sp³-hybridized carbons (Fsp3) is 0.